The van der Waals surface area contributed by atoms with Crippen LogP contribution < -0.4 is 77.6 Å². The molecule has 0 saturated heterocycles. The van der Waals surface area contributed by atoms with Crippen molar-refractivity contribution in [2.75, 3.05) is 0 Å². The van der Waals surface area contributed by atoms with E-state index in [-0.39, 0.29) is 20.1 Å². The smallest absolute Gasteiger partial charge is 0.260 e. The molecule has 6 aliphatic rings. The fraction of sp³-hybridized carbons (Fsp3) is 0.0442. The molecule has 6 aliphatic heterocycles. The maximum Gasteiger partial charge on any atom is 0.260 e. The van der Waals surface area contributed by atoms with E-state index in [4.69, 9.17) is 28.4 Å². The van der Waals surface area contributed by atoms with Crippen LogP contribution in [-0.4, -0.2) is 20.1 Å². The fourth-order valence-corrected chi connectivity index (χ4v) is 19.1. The third-order valence-corrected chi connectivity index (χ3v) is 25.2. The van der Waals surface area contributed by atoms with Crippen LogP contribution in [0, 0.1) is 34.6 Å². The lowest BCUT2D eigenvalue weighted by atomic mass is 9.34. The average molecular weight is 1570 g/mol. The topological polar surface area (TPSA) is 55.4 Å². The van der Waals surface area contributed by atoms with Crippen molar-refractivity contribution < 1.29 is 28.4 Å². The number of ether oxygens (including phenoxy) is 6. The SMILES string of the molecule is Cc1ccccc1-c1ccc2c(c1)B1c3cc(-c4ccccc4)ccc3Oc3ccc(-c4ccccc4C)c(c31)O2.Cc1ccccc1-c1ccc2c(c1)B1c3cc(-c4ccccc4C)ccc3Oc3c(-c4ccccc4)ccc(c31)O2.Cc1ccccc1-c1ccc2c3c1Oc1ccc(-c4ccccc4)cc1B3c1cc(-c3ccccc3)ccc1O2. The molecule has 0 unspecified atom stereocenters. The number of rotatable bonds is 9. The minimum Gasteiger partial charge on any atom is -0.458 e. The number of fused-ring (bicyclic) bond motifs is 12. The summed E-state index contributed by atoms with van der Waals surface area (Å²) in [6.45, 7) is 10.7. The lowest BCUT2D eigenvalue weighted by Crippen LogP contribution is -2.57. The van der Waals surface area contributed by atoms with E-state index in [2.05, 4.69) is 417 Å². The van der Waals surface area contributed by atoms with Crippen LogP contribution in [0.25, 0.3) is 100 Å². The van der Waals surface area contributed by atoms with Gasteiger partial charge in [-0.15, -0.1) is 0 Å². The van der Waals surface area contributed by atoms with Crippen molar-refractivity contribution in [1.82, 2.24) is 0 Å². The minimum absolute atomic E-state index is 0.0196. The normalized spacial score (nSPS) is 12.5. The summed E-state index contributed by atoms with van der Waals surface area (Å²) < 4.78 is 40.2. The molecule has 18 aromatic carbocycles. The van der Waals surface area contributed by atoms with Gasteiger partial charge in [0.05, 0.1) is 0 Å². The molecule has 0 aliphatic carbocycles. The molecular weight excluding hydrogens is 1490 g/mol. The van der Waals surface area contributed by atoms with Gasteiger partial charge in [0, 0.05) is 33.1 Å². The lowest BCUT2D eigenvalue weighted by molar-refractivity contribution is 0.465. The van der Waals surface area contributed by atoms with E-state index < -0.39 is 0 Å². The Morgan fingerprint density at radius 3 is 0.648 bits per heavy atom. The van der Waals surface area contributed by atoms with Crippen molar-refractivity contribution in [2.45, 2.75) is 34.6 Å². The third-order valence-electron chi connectivity index (χ3n) is 25.2. The molecule has 24 rings (SSSR count). The average Bonchev–Trinajstić information content (AvgIpc) is 0.723. The van der Waals surface area contributed by atoms with Gasteiger partial charge >= 0.3 is 0 Å². The predicted molar refractivity (Wildman–Crippen MR) is 505 cm³/mol. The predicted octanol–water partition coefficient (Wildman–Crippen LogP) is 23.8. The summed E-state index contributed by atoms with van der Waals surface area (Å²) in [7, 11) is 0. The van der Waals surface area contributed by atoms with Crippen LogP contribution in [0.15, 0.2) is 388 Å². The first-order valence-corrected chi connectivity index (χ1v) is 42.0. The molecule has 122 heavy (non-hydrogen) atoms. The van der Waals surface area contributed by atoms with Gasteiger partial charge in [0.1, 0.15) is 69.0 Å². The maximum atomic E-state index is 6.84. The van der Waals surface area contributed by atoms with Crippen molar-refractivity contribution in [2.24, 2.45) is 0 Å². The zero-order valence-electron chi connectivity index (χ0n) is 68.1. The van der Waals surface area contributed by atoms with Crippen molar-refractivity contribution in [3.05, 3.63) is 416 Å². The Balaban J connectivity index is 0.000000109. The summed E-state index contributed by atoms with van der Waals surface area (Å²) in [6.07, 6.45) is 0. The molecule has 18 aromatic rings. The third kappa shape index (κ3) is 12.9. The molecular formula is C113H79B3O6. The van der Waals surface area contributed by atoms with Gasteiger partial charge in [0.2, 0.25) is 0 Å². The van der Waals surface area contributed by atoms with Gasteiger partial charge in [0.25, 0.3) is 20.1 Å². The largest absolute Gasteiger partial charge is 0.458 e. The molecule has 6 heterocycles. The van der Waals surface area contributed by atoms with Gasteiger partial charge in [-0.05, 0) is 251 Å². The summed E-state index contributed by atoms with van der Waals surface area (Å²) in [5, 5.41) is 0. The molecule has 6 nitrogen and oxygen atoms in total. The van der Waals surface area contributed by atoms with Crippen LogP contribution >= 0.6 is 0 Å². The molecule has 0 spiro atoms. The highest BCUT2D eigenvalue weighted by atomic mass is 16.5. The summed E-state index contributed by atoms with van der Waals surface area (Å²) in [4.78, 5) is 0. The molecule has 9 heteroatoms. The molecule has 0 amide bonds. The van der Waals surface area contributed by atoms with Gasteiger partial charge in [-0.3, -0.25) is 0 Å². The van der Waals surface area contributed by atoms with E-state index in [9.17, 15) is 0 Å². The monoisotopic (exact) mass is 1560 g/mol. The Morgan fingerprint density at radius 1 is 0.148 bits per heavy atom. The zero-order chi connectivity index (χ0) is 81.6. The molecule has 0 radical (unpaired) electrons. The molecule has 576 valence electrons. The molecule has 0 atom stereocenters. The highest BCUT2D eigenvalue weighted by Gasteiger charge is 2.46. The molecule has 0 saturated carbocycles. The van der Waals surface area contributed by atoms with Gasteiger partial charge in [-0.25, -0.2) is 0 Å². The van der Waals surface area contributed by atoms with Gasteiger partial charge in [-0.2, -0.15) is 0 Å². The number of benzene rings is 18. The lowest BCUT2D eigenvalue weighted by Gasteiger charge is -2.34. The van der Waals surface area contributed by atoms with Crippen LogP contribution in [0.3, 0.4) is 0 Å². The van der Waals surface area contributed by atoms with Gasteiger partial charge in [0.15, 0.2) is 0 Å². The van der Waals surface area contributed by atoms with Crippen molar-refractivity contribution in [1.29, 1.82) is 0 Å². The van der Waals surface area contributed by atoms with Crippen molar-refractivity contribution in [3.63, 3.8) is 0 Å². The Morgan fingerprint density at radius 2 is 0.361 bits per heavy atom. The molecule has 0 N–H and O–H groups in total. The molecule has 0 fully saturated rings. The first-order chi connectivity index (χ1) is 60.0. The first-order valence-electron chi connectivity index (χ1n) is 42.0. The zero-order valence-corrected chi connectivity index (χ0v) is 68.1. The van der Waals surface area contributed by atoms with Crippen molar-refractivity contribution in [3.8, 4) is 169 Å². The second-order valence-electron chi connectivity index (χ2n) is 32.5. The number of hydrogen-bond donors (Lipinski definition) is 0. The summed E-state index contributed by atoms with van der Waals surface area (Å²) >= 11 is 0. The summed E-state index contributed by atoms with van der Waals surface area (Å²) in [6, 6.07) is 137. The van der Waals surface area contributed by atoms with E-state index in [0.29, 0.717) is 0 Å². The van der Waals surface area contributed by atoms with Crippen LogP contribution in [0.1, 0.15) is 27.8 Å². The maximum absolute atomic E-state index is 6.84. The molecule has 0 bridgehead atoms. The number of aryl methyl sites for hydroxylation is 5. The van der Waals surface area contributed by atoms with Crippen LogP contribution in [-0.2, 0) is 0 Å². The van der Waals surface area contributed by atoms with E-state index in [1.807, 2.05) is 6.07 Å². The van der Waals surface area contributed by atoms with Crippen LogP contribution in [0.4, 0.5) is 0 Å². The Kier molecular flexibility index (Phi) is 18.3. The Labute approximate surface area is 712 Å². The second-order valence-corrected chi connectivity index (χ2v) is 32.5. The van der Waals surface area contributed by atoms with Gasteiger partial charge in [-0.1, -0.05) is 315 Å². The van der Waals surface area contributed by atoms with E-state index in [1.165, 1.54) is 106 Å². The summed E-state index contributed by atoms with van der Waals surface area (Å²) in [5.41, 5.74) is 37.6. The van der Waals surface area contributed by atoms with Crippen LogP contribution in [0.2, 0.25) is 0 Å². The standard InChI is InChI=1S/2C38H27BO2.C37H25BO2/c1-24-10-6-8-14-29(24)27-16-19-34-32(22-27)39-33-23-28(30-15-9-7-11-25(30)2)17-20-35(33)41-38-31(26-12-4-3-5-13-26)18-21-36(40-34)37(38)39;1-24-10-6-8-14-29(24)28-17-20-35-33(23-28)39-32-22-27(26-12-4-3-5-13-26)16-19-34(32)40-36-21-18-31(38(41-35)37(36)39)30-15-9-7-11-25(30)2;1-24-10-8-9-15-29(24)30-18-21-35-36-37(30)40-34-20-17-28(26-13-6-3-7-14-26)23-32(34)38(36)31-22-27(16-19-33(31)39-35)25-11-4-2-5-12-25/h2*3-23H,1-2H3;2-23H,1H3. The van der Waals surface area contributed by atoms with E-state index >= 15 is 0 Å². The molecule has 0 aromatic heterocycles. The van der Waals surface area contributed by atoms with Crippen LogP contribution in [0.5, 0.6) is 69.0 Å². The van der Waals surface area contributed by atoms with Crippen molar-refractivity contribution >= 4 is 69.3 Å². The highest BCUT2D eigenvalue weighted by Crippen LogP contribution is 2.48. The van der Waals surface area contributed by atoms with E-state index in [1.54, 1.807) is 0 Å². The Hall–Kier alpha value is -15.0. The number of hydrogen-bond acceptors (Lipinski definition) is 6. The minimum atomic E-state index is -0.0240. The highest BCUT2D eigenvalue weighted by molar-refractivity contribution is 7.00. The summed E-state index contributed by atoms with van der Waals surface area (Å²) in [5.74, 6) is 10.6. The fourth-order valence-electron chi connectivity index (χ4n) is 19.1. The Bertz CT molecular complexity index is 7040. The van der Waals surface area contributed by atoms with Gasteiger partial charge < -0.3 is 28.4 Å². The van der Waals surface area contributed by atoms with E-state index in [0.717, 1.165) is 140 Å². The first kappa shape index (κ1) is 73.3. The quantitative estimate of drug-likeness (QED) is 0.134. The second kappa shape index (κ2) is 30.4.